The molecule has 0 saturated carbocycles. The number of nitrogens with two attached hydrogens (primary N) is 1. The van der Waals surface area contributed by atoms with Crippen LogP contribution in [0.2, 0.25) is 0 Å². The molecule has 1 aliphatic rings. The van der Waals surface area contributed by atoms with Crippen LogP contribution in [0.5, 0.6) is 0 Å². The molecule has 11 heteroatoms. The van der Waals surface area contributed by atoms with Gasteiger partial charge >= 0.3 is 19.8 Å². The molecule has 0 aromatic heterocycles. The van der Waals surface area contributed by atoms with E-state index < -0.39 is 32.5 Å². The largest absolute Gasteiger partial charge is 0.472 e. The molecule has 1 heterocycles. The van der Waals surface area contributed by atoms with Crippen LogP contribution < -0.4 is 5.73 Å². The van der Waals surface area contributed by atoms with E-state index in [0.717, 1.165) is 70.6 Å². The van der Waals surface area contributed by atoms with Crippen LogP contribution in [-0.4, -0.2) is 61.5 Å². The molecule has 0 aromatic carbocycles. The molecule has 0 aliphatic carbocycles. The van der Waals surface area contributed by atoms with E-state index >= 15 is 0 Å². The molecular weight excluding hydrogens is 681 g/mol. The highest BCUT2D eigenvalue weighted by Gasteiger charge is 2.36. The number of epoxide rings is 1. The van der Waals surface area contributed by atoms with Crippen LogP contribution in [0, 0.1) is 0 Å². The van der Waals surface area contributed by atoms with E-state index in [1.807, 2.05) is 0 Å². The molecule has 0 spiro atoms. The zero-order valence-corrected chi connectivity index (χ0v) is 33.9. The van der Waals surface area contributed by atoms with Crippen LogP contribution >= 0.6 is 7.82 Å². The Morgan fingerprint density at radius 1 is 0.673 bits per heavy atom. The van der Waals surface area contributed by atoms with E-state index in [1.165, 1.54) is 70.6 Å². The molecular formula is C41H76NO9P. The molecule has 4 atom stereocenters. The summed E-state index contributed by atoms with van der Waals surface area (Å²) >= 11 is 0. The lowest BCUT2D eigenvalue weighted by atomic mass is 10.1. The van der Waals surface area contributed by atoms with Crippen molar-refractivity contribution >= 4 is 19.8 Å². The molecule has 10 nitrogen and oxygen atoms in total. The predicted molar refractivity (Wildman–Crippen MR) is 210 cm³/mol. The molecule has 0 amide bonds. The summed E-state index contributed by atoms with van der Waals surface area (Å²) in [5, 5.41) is 0. The first kappa shape index (κ1) is 48.5. The highest BCUT2D eigenvalue weighted by Crippen LogP contribution is 2.43. The number of unbranched alkanes of at least 4 members (excludes halogenated alkanes) is 18. The number of phosphoric acid groups is 1. The van der Waals surface area contributed by atoms with Crippen molar-refractivity contribution in [1.82, 2.24) is 0 Å². The summed E-state index contributed by atoms with van der Waals surface area (Å²) in [4.78, 5) is 34.9. The summed E-state index contributed by atoms with van der Waals surface area (Å²) in [5.41, 5.74) is 5.34. The molecule has 1 rings (SSSR count). The quantitative estimate of drug-likeness (QED) is 0.0205. The van der Waals surface area contributed by atoms with Crippen molar-refractivity contribution in [2.45, 2.75) is 199 Å². The fourth-order valence-corrected chi connectivity index (χ4v) is 6.75. The first-order chi connectivity index (χ1) is 25.3. The SMILES string of the molecule is CCCCC/C=C\CC1OC1CCCCCCCC(=O)OC[C@H](COP(=O)(O)OCCN)OC(=O)CCCCCCCCC/C=C\CCCCCC. The van der Waals surface area contributed by atoms with E-state index in [-0.39, 0.29) is 32.6 Å². The third-order valence-corrected chi connectivity index (χ3v) is 10.2. The average molecular weight is 758 g/mol. The van der Waals surface area contributed by atoms with Crippen LogP contribution in [0.1, 0.15) is 181 Å². The summed E-state index contributed by atoms with van der Waals surface area (Å²) in [6, 6.07) is 0. The number of rotatable bonds is 38. The van der Waals surface area contributed by atoms with Crippen molar-refractivity contribution in [3.05, 3.63) is 24.3 Å². The number of allylic oxidation sites excluding steroid dienone is 3. The summed E-state index contributed by atoms with van der Waals surface area (Å²) in [6.45, 7) is 3.66. The minimum Gasteiger partial charge on any atom is -0.462 e. The Balaban J connectivity index is 2.20. The fourth-order valence-electron chi connectivity index (χ4n) is 5.99. The molecule has 304 valence electrons. The van der Waals surface area contributed by atoms with Gasteiger partial charge in [-0.05, 0) is 64.2 Å². The third-order valence-electron chi connectivity index (χ3n) is 9.23. The maximum Gasteiger partial charge on any atom is 0.472 e. The van der Waals surface area contributed by atoms with Gasteiger partial charge in [-0.2, -0.15) is 0 Å². The van der Waals surface area contributed by atoms with E-state index in [4.69, 9.17) is 29.0 Å². The van der Waals surface area contributed by atoms with Gasteiger partial charge in [0.25, 0.3) is 0 Å². The fraction of sp³-hybridized carbons (Fsp3) is 0.854. The number of carbonyl (C=O) groups is 2. The van der Waals surface area contributed by atoms with Crippen LogP contribution in [0.25, 0.3) is 0 Å². The van der Waals surface area contributed by atoms with Gasteiger partial charge in [-0.25, -0.2) is 4.57 Å². The first-order valence-corrected chi connectivity index (χ1v) is 22.4. The van der Waals surface area contributed by atoms with Gasteiger partial charge in [-0.1, -0.05) is 128 Å². The normalized spacial score (nSPS) is 17.5. The smallest absolute Gasteiger partial charge is 0.462 e. The van der Waals surface area contributed by atoms with Crippen molar-refractivity contribution in [1.29, 1.82) is 0 Å². The van der Waals surface area contributed by atoms with Gasteiger partial charge < -0.3 is 24.8 Å². The van der Waals surface area contributed by atoms with E-state index in [2.05, 4.69) is 38.2 Å². The maximum atomic E-state index is 12.6. The number of hydrogen-bond donors (Lipinski definition) is 2. The Bertz CT molecular complexity index is 976. The average Bonchev–Trinajstić information content (AvgIpc) is 3.89. The Morgan fingerprint density at radius 2 is 1.19 bits per heavy atom. The molecule has 52 heavy (non-hydrogen) atoms. The van der Waals surface area contributed by atoms with Crippen LogP contribution in [0.3, 0.4) is 0 Å². The van der Waals surface area contributed by atoms with Crippen molar-refractivity contribution < 1.29 is 42.3 Å². The Morgan fingerprint density at radius 3 is 1.83 bits per heavy atom. The van der Waals surface area contributed by atoms with Gasteiger partial charge in [0.15, 0.2) is 6.10 Å². The highest BCUT2D eigenvalue weighted by atomic mass is 31.2. The van der Waals surface area contributed by atoms with Gasteiger partial charge in [0.2, 0.25) is 0 Å². The molecule has 1 saturated heterocycles. The second kappa shape index (κ2) is 34.0. The molecule has 1 fully saturated rings. The number of esters is 2. The van der Waals surface area contributed by atoms with Gasteiger partial charge in [-0.15, -0.1) is 0 Å². The molecule has 0 aromatic rings. The Labute approximate surface area is 317 Å². The van der Waals surface area contributed by atoms with Crippen molar-refractivity contribution in [2.24, 2.45) is 5.73 Å². The first-order valence-electron chi connectivity index (χ1n) is 20.9. The zero-order valence-electron chi connectivity index (χ0n) is 33.0. The van der Waals surface area contributed by atoms with E-state index in [9.17, 15) is 19.0 Å². The summed E-state index contributed by atoms with van der Waals surface area (Å²) in [5.74, 6) is -0.855. The number of hydrogen-bond acceptors (Lipinski definition) is 9. The van der Waals surface area contributed by atoms with Crippen LogP contribution in [-0.2, 0) is 37.4 Å². The molecule has 0 bridgehead atoms. The molecule has 3 unspecified atom stereocenters. The summed E-state index contributed by atoms with van der Waals surface area (Å²) in [6.07, 6.45) is 36.5. The molecule has 0 radical (unpaired) electrons. The Hall–Kier alpha value is -1.55. The zero-order chi connectivity index (χ0) is 38.0. The summed E-state index contributed by atoms with van der Waals surface area (Å²) in [7, 11) is -4.38. The van der Waals surface area contributed by atoms with E-state index in [1.54, 1.807) is 0 Å². The lowest BCUT2D eigenvalue weighted by molar-refractivity contribution is -0.161. The second-order valence-corrected chi connectivity index (χ2v) is 15.7. The second-order valence-electron chi connectivity index (χ2n) is 14.2. The standard InChI is InChI=1S/C41H76NO9P/c1-3-5-7-9-11-12-13-14-15-16-17-18-19-23-28-32-41(44)50-37(36-49-52(45,46)48-34-33-42)35-47-40(43)31-27-24-20-22-26-30-39-38(51-39)29-25-21-10-8-6-4-2/h12-13,21,25,37-39H,3-11,14-20,22-24,26-36,42H2,1-2H3,(H,45,46)/b13-12-,25-21-/t37-,38?,39?/m1/s1. The molecule has 1 aliphatic heterocycles. The van der Waals surface area contributed by atoms with Gasteiger partial charge in [-0.3, -0.25) is 18.6 Å². The lowest BCUT2D eigenvalue weighted by Gasteiger charge is -2.19. The monoisotopic (exact) mass is 758 g/mol. The lowest BCUT2D eigenvalue weighted by Crippen LogP contribution is -2.29. The van der Waals surface area contributed by atoms with E-state index in [0.29, 0.717) is 25.0 Å². The predicted octanol–water partition coefficient (Wildman–Crippen LogP) is 10.6. The molecule has 3 N–H and O–H groups in total. The van der Waals surface area contributed by atoms with Crippen molar-refractivity contribution in [3.8, 4) is 0 Å². The topological polar surface area (TPSA) is 147 Å². The summed E-state index contributed by atoms with van der Waals surface area (Å²) < 4.78 is 38.5. The van der Waals surface area contributed by atoms with Crippen molar-refractivity contribution in [3.63, 3.8) is 0 Å². The van der Waals surface area contributed by atoms with Gasteiger partial charge in [0.1, 0.15) is 6.61 Å². The maximum absolute atomic E-state index is 12.6. The number of phosphoric ester groups is 1. The third kappa shape index (κ3) is 30.9. The minimum atomic E-state index is -4.38. The number of ether oxygens (including phenoxy) is 3. The van der Waals surface area contributed by atoms with Crippen LogP contribution in [0.4, 0.5) is 0 Å². The number of carbonyl (C=O) groups excluding carboxylic acids is 2. The highest BCUT2D eigenvalue weighted by molar-refractivity contribution is 7.47. The van der Waals surface area contributed by atoms with Gasteiger partial charge in [0.05, 0.1) is 25.4 Å². The minimum absolute atomic E-state index is 0.0487. The Kier molecular flexibility index (Phi) is 31.7. The van der Waals surface area contributed by atoms with Crippen molar-refractivity contribution in [2.75, 3.05) is 26.4 Å². The van der Waals surface area contributed by atoms with Gasteiger partial charge in [0, 0.05) is 19.4 Å². The van der Waals surface area contributed by atoms with Crippen LogP contribution in [0.15, 0.2) is 24.3 Å².